The lowest BCUT2D eigenvalue weighted by Gasteiger charge is -2.28. The van der Waals surface area contributed by atoms with Crippen LogP contribution in [0.3, 0.4) is 0 Å². The zero-order valence-electron chi connectivity index (χ0n) is 13.2. The van der Waals surface area contributed by atoms with E-state index in [0.717, 1.165) is 29.7 Å². The first-order valence-corrected chi connectivity index (χ1v) is 7.86. The summed E-state index contributed by atoms with van der Waals surface area (Å²) in [4.78, 5) is 29.6. The molecule has 1 N–H and O–H groups in total. The highest BCUT2D eigenvalue weighted by Crippen LogP contribution is 2.21. The molecule has 0 bridgehead atoms. The summed E-state index contributed by atoms with van der Waals surface area (Å²) in [6.07, 6.45) is 5.23. The summed E-state index contributed by atoms with van der Waals surface area (Å²) in [5.74, 6) is -0.926. The summed E-state index contributed by atoms with van der Waals surface area (Å²) in [6.45, 7) is 1.19. The number of rotatable bonds is 4. The van der Waals surface area contributed by atoms with Crippen molar-refractivity contribution in [3.05, 3.63) is 71.1 Å². The third-order valence-corrected chi connectivity index (χ3v) is 4.02. The molecule has 122 valence electrons. The van der Waals surface area contributed by atoms with Crippen LogP contribution < -0.4 is 0 Å². The molecule has 2 aromatic rings. The molecular formula is C19H18N2O3. The monoisotopic (exact) mass is 322 g/mol. The topological polar surface area (TPSA) is 70.5 Å². The van der Waals surface area contributed by atoms with Crippen LogP contribution in [0.2, 0.25) is 0 Å². The molecule has 1 aliphatic heterocycles. The van der Waals surface area contributed by atoms with Crippen molar-refractivity contribution in [3.63, 3.8) is 0 Å². The number of carbonyl (C=O) groups is 2. The molecule has 0 saturated carbocycles. The molecule has 0 radical (unpaired) electrons. The Balaban J connectivity index is 1.73. The third kappa shape index (κ3) is 3.68. The van der Waals surface area contributed by atoms with Gasteiger partial charge in [-0.05, 0) is 48.7 Å². The van der Waals surface area contributed by atoms with Crippen LogP contribution in [0.15, 0.2) is 54.2 Å². The SMILES string of the molecule is O=C(O)c1ccc(CN2CCCC(=Cc3ccccn3)C2=O)cc1. The summed E-state index contributed by atoms with van der Waals surface area (Å²) in [5, 5.41) is 8.94. The van der Waals surface area contributed by atoms with Crippen LogP contribution in [0.25, 0.3) is 6.08 Å². The molecule has 0 spiro atoms. The van der Waals surface area contributed by atoms with E-state index in [4.69, 9.17) is 5.11 Å². The minimum atomic E-state index is -0.948. The third-order valence-electron chi connectivity index (χ3n) is 4.02. The van der Waals surface area contributed by atoms with E-state index in [9.17, 15) is 9.59 Å². The maximum absolute atomic E-state index is 12.6. The number of likely N-dealkylation sites (tertiary alicyclic amines) is 1. The van der Waals surface area contributed by atoms with Crippen molar-refractivity contribution in [3.8, 4) is 0 Å². The lowest BCUT2D eigenvalue weighted by atomic mass is 10.0. The number of benzene rings is 1. The number of pyridine rings is 1. The molecule has 1 aromatic carbocycles. The second kappa shape index (κ2) is 7.08. The first kappa shape index (κ1) is 15.9. The fourth-order valence-electron chi connectivity index (χ4n) is 2.77. The molecule has 24 heavy (non-hydrogen) atoms. The van der Waals surface area contributed by atoms with Gasteiger partial charge in [0.2, 0.25) is 5.91 Å². The van der Waals surface area contributed by atoms with Gasteiger partial charge in [-0.15, -0.1) is 0 Å². The van der Waals surface area contributed by atoms with E-state index in [1.165, 1.54) is 0 Å². The molecule has 1 fully saturated rings. The first-order chi connectivity index (χ1) is 11.6. The van der Waals surface area contributed by atoms with E-state index in [1.54, 1.807) is 35.4 Å². The Morgan fingerprint density at radius 3 is 2.67 bits per heavy atom. The van der Waals surface area contributed by atoms with E-state index in [-0.39, 0.29) is 11.5 Å². The average molecular weight is 322 g/mol. The first-order valence-electron chi connectivity index (χ1n) is 7.86. The van der Waals surface area contributed by atoms with Gasteiger partial charge < -0.3 is 10.0 Å². The molecular weight excluding hydrogens is 304 g/mol. The van der Waals surface area contributed by atoms with Gasteiger partial charge in [-0.2, -0.15) is 0 Å². The van der Waals surface area contributed by atoms with Gasteiger partial charge in [0.1, 0.15) is 0 Å². The average Bonchev–Trinajstić information content (AvgIpc) is 2.60. The van der Waals surface area contributed by atoms with E-state index in [2.05, 4.69) is 4.98 Å². The standard InChI is InChI=1S/C19H18N2O3/c22-18-16(12-17-5-1-2-10-20-17)4-3-11-21(18)13-14-6-8-15(9-7-14)19(23)24/h1-2,5-10,12H,3-4,11,13H2,(H,23,24). The molecule has 3 rings (SSSR count). The maximum Gasteiger partial charge on any atom is 0.335 e. The minimum Gasteiger partial charge on any atom is -0.478 e. The fourth-order valence-corrected chi connectivity index (χ4v) is 2.77. The number of amides is 1. The van der Waals surface area contributed by atoms with Crippen molar-refractivity contribution in [1.82, 2.24) is 9.88 Å². The molecule has 0 atom stereocenters. The minimum absolute atomic E-state index is 0.0224. The molecule has 1 saturated heterocycles. The quantitative estimate of drug-likeness (QED) is 0.879. The van der Waals surface area contributed by atoms with Gasteiger partial charge in [0.25, 0.3) is 0 Å². The second-order valence-corrected chi connectivity index (χ2v) is 5.76. The van der Waals surface area contributed by atoms with Crippen LogP contribution in [-0.2, 0) is 11.3 Å². The molecule has 2 heterocycles. The summed E-state index contributed by atoms with van der Waals surface area (Å²) >= 11 is 0. The zero-order chi connectivity index (χ0) is 16.9. The van der Waals surface area contributed by atoms with Crippen molar-refractivity contribution < 1.29 is 14.7 Å². The van der Waals surface area contributed by atoms with E-state index >= 15 is 0 Å². The van der Waals surface area contributed by atoms with E-state index in [1.807, 2.05) is 24.3 Å². The van der Waals surface area contributed by atoms with E-state index in [0.29, 0.717) is 13.1 Å². The zero-order valence-corrected chi connectivity index (χ0v) is 13.2. The summed E-state index contributed by atoms with van der Waals surface area (Å²) in [5.41, 5.74) is 2.72. The highest BCUT2D eigenvalue weighted by atomic mass is 16.4. The molecule has 1 amide bonds. The van der Waals surface area contributed by atoms with Crippen molar-refractivity contribution in [2.24, 2.45) is 0 Å². The number of hydrogen-bond acceptors (Lipinski definition) is 3. The van der Waals surface area contributed by atoms with Gasteiger partial charge in [-0.25, -0.2) is 4.79 Å². The lowest BCUT2D eigenvalue weighted by molar-refractivity contribution is -0.129. The van der Waals surface area contributed by atoms with Gasteiger partial charge in [-0.1, -0.05) is 18.2 Å². The molecule has 1 aromatic heterocycles. The molecule has 0 aliphatic carbocycles. The van der Waals surface area contributed by atoms with Gasteiger partial charge in [0.15, 0.2) is 0 Å². The second-order valence-electron chi connectivity index (χ2n) is 5.76. The number of aromatic nitrogens is 1. The fraction of sp³-hybridized carbons (Fsp3) is 0.211. The molecule has 1 aliphatic rings. The van der Waals surface area contributed by atoms with Gasteiger partial charge in [0, 0.05) is 24.9 Å². The number of carbonyl (C=O) groups excluding carboxylic acids is 1. The van der Waals surface area contributed by atoms with Crippen LogP contribution in [0.5, 0.6) is 0 Å². The number of piperidine rings is 1. The Hall–Kier alpha value is -2.95. The Kier molecular flexibility index (Phi) is 4.70. The van der Waals surface area contributed by atoms with Gasteiger partial charge >= 0.3 is 5.97 Å². The van der Waals surface area contributed by atoms with Crippen molar-refractivity contribution in [2.75, 3.05) is 6.54 Å². The highest BCUT2D eigenvalue weighted by molar-refractivity contribution is 5.98. The normalized spacial score (nSPS) is 16.4. The van der Waals surface area contributed by atoms with Crippen LogP contribution >= 0.6 is 0 Å². The summed E-state index contributed by atoms with van der Waals surface area (Å²) < 4.78 is 0. The van der Waals surface area contributed by atoms with Gasteiger partial charge in [0.05, 0.1) is 11.3 Å². The highest BCUT2D eigenvalue weighted by Gasteiger charge is 2.23. The molecule has 5 heteroatoms. The van der Waals surface area contributed by atoms with Crippen LogP contribution in [-0.4, -0.2) is 33.4 Å². The van der Waals surface area contributed by atoms with Crippen molar-refractivity contribution >= 4 is 18.0 Å². The van der Waals surface area contributed by atoms with Crippen molar-refractivity contribution in [2.45, 2.75) is 19.4 Å². The Morgan fingerprint density at radius 1 is 1.21 bits per heavy atom. The summed E-state index contributed by atoms with van der Waals surface area (Å²) in [6, 6.07) is 12.3. The lowest BCUT2D eigenvalue weighted by Crippen LogP contribution is -2.36. The number of carboxylic acids is 1. The maximum atomic E-state index is 12.6. The Morgan fingerprint density at radius 2 is 2.00 bits per heavy atom. The molecule has 5 nitrogen and oxygen atoms in total. The predicted octanol–water partition coefficient (Wildman–Crippen LogP) is 2.99. The van der Waals surface area contributed by atoms with Crippen LogP contribution in [0.1, 0.15) is 34.5 Å². The number of aromatic carboxylic acids is 1. The smallest absolute Gasteiger partial charge is 0.335 e. The van der Waals surface area contributed by atoms with Crippen LogP contribution in [0.4, 0.5) is 0 Å². The Labute approximate surface area is 140 Å². The van der Waals surface area contributed by atoms with Crippen LogP contribution in [0, 0.1) is 0 Å². The number of hydrogen-bond donors (Lipinski definition) is 1. The summed E-state index contributed by atoms with van der Waals surface area (Å²) in [7, 11) is 0. The Bertz CT molecular complexity index is 767. The molecule has 0 unspecified atom stereocenters. The number of nitrogens with zero attached hydrogens (tertiary/aromatic N) is 2. The largest absolute Gasteiger partial charge is 0.478 e. The van der Waals surface area contributed by atoms with Crippen molar-refractivity contribution in [1.29, 1.82) is 0 Å². The number of carboxylic acid groups (broad SMARTS) is 1. The van der Waals surface area contributed by atoms with E-state index < -0.39 is 5.97 Å². The predicted molar refractivity (Wildman–Crippen MR) is 90.3 cm³/mol. The van der Waals surface area contributed by atoms with Gasteiger partial charge in [-0.3, -0.25) is 9.78 Å².